The number of halogens is 1. The molecule has 84 valence electrons. The number of anilines is 1. The number of nitrogens with zero attached hydrogens (tertiary/aromatic N) is 4. The lowest BCUT2D eigenvalue weighted by atomic mass is 10.2. The maximum absolute atomic E-state index is 12.6. The van der Waals surface area contributed by atoms with Crippen LogP contribution in [-0.4, -0.2) is 19.7 Å². The monoisotopic (exact) mass is 221 g/mol. The number of hydrogen-bond acceptors (Lipinski definition) is 4. The maximum Gasteiger partial charge on any atom is 0.223 e. The first-order valence-corrected chi connectivity index (χ1v) is 4.85. The van der Waals surface area contributed by atoms with Gasteiger partial charge in [-0.3, -0.25) is 4.68 Å². The predicted molar refractivity (Wildman–Crippen MR) is 57.3 cm³/mol. The Kier molecular flexibility index (Phi) is 2.80. The molecule has 0 amide bonds. The average Bonchev–Trinajstić information content (AvgIpc) is 2.60. The summed E-state index contributed by atoms with van der Waals surface area (Å²) in [6, 6.07) is 0. The van der Waals surface area contributed by atoms with Gasteiger partial charge >= 0.3 is 0 Å². The summed E-state index contributed by atoms with van der Waals surface area (Å²) in [5.74, 6) is -0.0345. The number of aryl methyl sites for hydroxylation is 1. The molecule has 0 spiro atoms. The van der Waals surface area contributed by atoms with E-state index >= 15 is 0 Å². The van der Waals surface area contributed by atoms with Gasteiger partial charge < -0.3 is 5.32 Å². The summed E-state index contributed by atoms with van der Waals surface area (Å²) in [7, 11) is 1.88. The fourth-order valence-electron chi connectivity index (χ4n) is 1.30. The molecular weight excluding hydrogens is 209 g/mol. The van der Waals surface area contributed by atoms with Gasteiger partial charge in [0.25, 0.3) is 0 Å². The fourth-order valence-corrected chi connectivity index (χ4v) is 1.30. The molecule has 0 bridgehead atoms. The van der Waals surface area contributed by atoms with Crippen molar-refractivity contribution in [2.24, 2.45) is 7.05 Å². The van der Waals surface area contributed by atoms with Crippen LogP contribution in [0.4, 0.5) is 10.3 Å². The van der Waals surface area contributed by atoms with E-state index in [1.165, 1.54) is 0 Å². The number of rotatable bonds is 3. The van der Waals surface area contributed by atoms with Crippen LogP contribution in [0.5, 0.6) is 0 Å². The van der Waals surface area contributed by atoms with E-state index in [4.69, 9.17) is 0 Å². The van der Waals surface area contributed by atoms with E-state index in [1.807, 2.05) is 14.0 Å². The average molecular weight is 221 g/mol. The Hall–Kier alpha value is -1.98. The molecule has 0 radical (unpaired) electrons. The zero-order valence-corrected chi connectivity index (χ0v) is 9.11. The molecule has 0 fully saturated rings. The van der Waals surface area contributed by atoms with Crippen LogP contribution in [0.25, 0.3) is 0 Å². The minimum Gasteiger partial charge on any atom is -0.350 e. The van der Waals surface area contributed by atoms with Gasteiger partial charge in [0.15, 0.2) is 5.82 Å². The molecule has 2 aromatic heterocycles. The second-order valence-corrected chi connectivity index (χ2v) is 3.46. The first kappa shape index (κ1) is 10.5. The molecule has 0 atom stereocenters. The zero-order valence-electron chi connectivity index (χ0n) is 9.11. The Balaban J connectivity index is 2.02. The third kappa shape index (κ3) is 2.16. The van der Waals surface area contributed by atoms with Crippen molar-refractivity contribution >= 4 is 5.95 Å². The van der Waals surface area contributed by atoms with Gasteiger partial charge in [0, 0.05) is 24.8 Å². The van der Waals surface area contributed by atoms with Crippen LogP contribution in [-0.2, 0) is 13.6 Å². The Morgan fingerprint density at radius 3 is 2.56 bits per heavy atom. The third-order valence-electron chi connectivity index (χ3n) is 2.39. The fraction of sp³-hybridized carbons (Fsp3) is 0.300. The van der Waals surface area contributed by atoms with Crippen molar-refractivity contribution in [1.29, 1.82) is 0 Å². The Bertz CT molecular complexity index is 476. The smallest absolute Gasteiger partial charge is 0.223 e. The van der Waals surface area contributed by atoms with Crippen molar-refractivity contribution in [3.05, 3.63) is 35.7 Å². The number of nitrogens with one attached hydrogen (secondary N) is 1. The van der Waals surface area contributed by atoms with Crippen LogP contribution in [0.3, 0.4) is 0 Å². The second-order valence-electron chi connectivity index (χ2n) is 3.46. The van der Waals surface area contributed by atoms with Crippen molar-refractivity contribution in [3.63, 3.8) is 0 Å². The van der Waals surface area contributed by atoms with E-state index in [0.29, 0.717) is 12.5 Å². The van der Waals surface area contributed by atoms with Crippen LogP contribution < -0.4 is 5.32 Å². The van der Waals surface area contributed by atoms with E-state index in [-0.39, 0.29) is 0 Å². The molecule has 2 aromatic rings. The van der Waals surface area contributed by atoms with Crippen molar-refractivity contribution in [2.45, 2.75) is 13.5 Å². The lowest BCUT2D eigenvalue weighted by molar-refractivity contribution is 0.614. The van der Waals surface area contributed by atoms with Gasteiger partial charge in [0.1, 0.15) is 0 Å². The molecule has 0 unspecified atom stereocenters. The molecule has 0 saturated carbocycles. The van der Waals surface area contributed by atoms with Gasteiger partial charge in [-0.05, 0) is 6.92 Å². The highest BCUT2D eigenvalue weighted by molar-refractivity contribution is 5.27. The third-order valence-corrected chi connectivity index (χ3v) is 2.39. The van der Waals surface area contributed by atoms with E-state index in [9.17, 15) is 4.39 Å². The van der Waals surface area contributed by atoms with E-state index in [1.54, 1.807) is 10.9 Å². The highest BCUT2D eigenvalue weighted by atomic mass is 19.1. The van der Waals surface area contributed by atoms with Crippen LogP contribution in [0, 0.1) is 12.7 Å². The highest BCUT2D eigenvalue weighted by Gasteiger charge is 2.03. The molecule has 16 heavy (non-hydrogen) atoms. The molecule has 0 aliphatic rings. The summed E-state index contributed by atoms with van der Waals surface area (Å²) >= 11 is 0. The van der Waals surface area contributed by atoms with Crippen molar-refractivity contribution in [2.75, 3.05) is 5.32 Å². The molecule has 2 rings (SSSR count). The molecule has 0 aromatic carbocycles. The minimum absolute atomic E-state index is 0.407. The van der Waals surface area contributed by atoms with Crippen molar-refractivity contribution in [1.82, 2.24) is 19.7 Å². The second kappa shape index (κ2) is 4.26. The predicted octanol–water partition coefficient (Wildman–Crippen LogP) is 1.27. The molecule has 5 nitrogen and oxygen atoms in total. The first-order chi connectivity index (χ1) is 7.66. The summed E-state index contributed by atoms with van der Waals surface area (Å²) in [5.41, 5.74) is 2.14. The molecule has 0 aliphatic heterocycles. The van der Waals surface area contributed by atoms with Gasteiger partial charge in [0.05, 0.1) is 18.6 Å². The quantitative estimate of drug-likeness (QED) is 0.848. The molecular formula is C10H12FN5. The molecule has 0 aliphatic carbocycles. The summed E-state index contributed by atoms with van der Waals surface area (Å²) in [4.78, 5) is 7.61. The summed E-state index contributed by atoms with van der Waals surface area (Å²) < 4.78 is 14.3. The topological polar surface area (TPSA) is 55.6 Å². The SMILES string of the molecule is Cc1c(CNc2ncc(F)cn2)cnn1C. The highest BCUT2D eigenvalue weighted by Crippen LogP contribution is 2.07. The van der Waals surface area contributed by atoms with Crippen molar-refractivity contribution in [3.8, 4) is 0 Å². The van der Waals surface area contributed by atoms with E-state index in [0.717, 1.165) is 23.7 Å². The largest absolute Gasteiger partial charge is 0.350 e. The zero-order chi connectivity index (χ0) is 11.5. The summed E-state index contributed by atoms with van der Waals surface area (Å²) in [6.45, 7) is 2.56. The molecule has 6 heteroatoms. The molecule has 0 saturated heterocycles. The van der Waals surface area contributed by atoms with Crippen LogP contribution >= 0.6 is 0 Å². The van der Waals surface area contributed by atoms with E-state index in [2.05, 4.69) is 20.4 Å². The van der Waals surface area contributed by atoms with Crippen LogP contribution in [0.15, 0.2) is 18.6 Å². The van der Waals surface area contributed by atoms with Crippen LogP contribution in [0.2, 0.25) is 0 Å². The maximum atomic E-state index is 12.6. The van der Waals surface area contributed by atoms with Gasteiger partial charge in [0.2, 0.25) is 5.95 Å². The van der Waals surface area contributed by atoms with Gasteiger partial charge in [-0.25, -0.2) is 14.4 Å². The number of aromatic nitrogens is 4. The summed E-state index contributed by atoms with van der Waals surface area (Å²) in [5, 5.41) is 7.12. The molecule has 1 N–H and O–H groups in total. The Morgan fingerprint density at radius 2 is 2.00 bits per heavy atom. The molecule has 2 heterocycles. The summed E-state index contributed by atoms with van der Waals surface area (Å²) in [6.07, 6.45) is 4.04. The Labute approximate surface area is 92.3 Å². The van der Waals surface area contributed by atoms with Crippen molar-refractivity contribution < 1.29 is 4.39 Å². The standard InChI is InChI=1S/C10H12FN5/c1-7-8(4-15-16(7)2)3-12-10-13-5-9(11)6-14-10/h4-6H,3H2,1-2H3,(H,12,13,14). The normalized spacial score (nSPS) is 10.4. The van der Waals surface area contributed by atoms with Gasteiger partial charge in [-0.2, -0.15) is 5.10 Å². The number of hydrogen-bond donors (Lipinski definition) is 1. The van der Waals surface area contributed by atoms with Gasteiger partial charge in [-0.15, -0.1) is 0 Å². The lowest BCUT2D eigenvalue weighted by Gasteiger charge is -2.03. The lowest BCUT2D eigenvalue weighted by Crippen LogP contribution is -2.04. The van der Waals surface area contributed by atoms with Gasteiger partial charge in [-0.1, -0.05) is 0 Å². The van der Waals surface area contributed by atoms with Crippen LogP contribution in [0.1, 0.15) is 11.3 Å². The van der Waals surface area contributed by atoms with E-state index < -0.39 is 5.82 Å². The first-order valence-electron chi connectivity index (χ1n) is 4.85. The minimum atomic E-state index is -0.442. The Morgan fingerprint density at radius 1 is 1.31 bits per heavy atom.